The smallest absolute Gasteiger partial charge is 0.0535 e. The Balaban J connectivity index is 1.85. The van der Waals surface area contributed by atoms with Crippen LogP contribution in [-0.4, -0.2) is 0 Å². The molecule has 2 heteroatoms. The first-order valence-corrected chi connectivity index (χ1v) is 6.98. The van der Waals surface area contributed by atoms with E-state index in [0.717, 1.165) is 12.8 Å². The summed E-state index contributed by atoms with van der Waals surface area (Å²) in [4.78, 5) is 0. The van der Waals surface area contributed by atoms with Gasteiger partial charge < -0.3 is 11.1 Å². The van der Waals surface area contributed by atoms with E-state index in [1.165, 1.54) is 22.4 Å². The fraction of sp³-hybridized carbons (Fsp3) is 0.294. The van der Waals surface area contributed by atoms with E-state index in [0.29, 0.717) is 6.04 Å². The van der Waals surface area contributed by atoms with E-state index in [1.54, 1.807) is 0 Å². The zero-order chi connectivity index (χ0) is 13.2. The van der Waals surface area contributed by atoms with Gasteiger partial charge in [-0.2, -0.15) is 0 Å². The average Bonchev–Trinajstić information content (AvgIpc) is 2.76. The van der Waals surface area contributed by atoms with Crippen molar-refractivity contribution in [2.45, 2.75) is 31.8 Å². The monoisotopic (exact) mass is 252 g/mol. The summed E-state index contributed by atoms with van der Waals surface area (Å²) in [6.07, 6.45) is 2.03. The van der Waals surface area contributed by atoms with Gasteiger partial charge in [0, 0.05) is 11.7 Å². The summed E-state index contributed by atoms with van der Waals surface area (Å²) in [7, 11) is 0. The van der Waals surface area contributed by atoms with Gasteiger partial charge in [-0.3, -0.25) is 0 Å². The lowest BCUT2D eigenvalue weighted by molar-refractivity contribution is 0.648. The molecule has 2 atom stereocenters. The van der Waals surface area contributed by atoms with Crippen LogP contribution in [-0.2, 0) is 6.42 Å². The molecular formula is C17H20N2. The SMILES string of the molecule is CCc1cccc(NC2CC(N)c3ccccc32)c1. The van der Waals surface area contributed by atoms with Gasteiger partial charge in [-0.05, 0) is 41.7 Å². The zero-order valence-corrected chi connectivity index (χ0v) is 11.3. The summed E-state index contributed by atoms with van der Waals surface area (Å²) in [5.41, 5.74) is 11.4. The molecule has 2 aromatic carbocycles. The number of nitrogens with one attached hydrogen (secondary N) is 1. The van der Waals surface area contributed by atoms with Gasteiger partial charge in [0.15, 0.2) is 0 Å². The molecular weight excluding hydrogens is 232 g/mol. The molecule has 2 nitrogen and oxygen atoms in total. The van der Waals surface area contributed by atoms with Crippen molar-refractivity contribution in [3.8, 4) is 0 Å². The molecule has 0 saturated carbocycles. The highest BCUT2D eigenvalue weighted by atomic mass is 14.9. The van der Waals surface area contributed by atoms with E-state index < -0.39 is 0 Å². The van der Waals surface area contributed by atoms with Crippen molar-refractivity contribution >= 4 is 5.69 Å². The molecule has 0 aromatic heterocycles. The number of rotatable bonds is 3. The number of fused-ring (bicyclic) bond motifs is 1. The fourth-order valence-electron chi connectivity index (χ4n) is 2.89. The molecule has 0 saturated heterocycles. The van der Waals surface area contributed by atoms with Crippen LogP contribution in [0.3, 0.4) is 0 Å². The predicted octanol–water partition coefficient (Wildman–Crippen LogP) is 3.81. The van der Waals surface area contributed by atoms with Gasteiger partial charge >= 0.3 is 0 Å². The van der Waals surface area contributed by atoms with Crippen molar-refractivity contribution in [1.82, 2.24) is 0 Å². The third-order valence-corrected chi connectivity index (χ3v) is 3.94. The topological polar surface area (TPSA) is 38.0 Å². The Kier molecular flexibility index (Phi) is 3.26. The first-order chi connectivity index (χ1) is 9.28. The Labute approximate surface area is 114 Å². The van der Waals surface area contributed by atoms with Crippen LogP contribution in [0.5, 0.6) is 0 Å². The molecule has 2 aromatic rings. The van der Waals surface area contributed by atoms with E-state index in [1.807, 2.05) is 0 Å². The van der Waals surface area contributed by atoms with Gasteiger partial charge in [-0.25, -0.2) is 0 Å². The summed E-state index contributed by atoms with van der Waals surface area (Å²) in [5, 5.41) is 3.62. The zero-order valence-electron chi connectivity index (χ0n) is 11.3. The first kappa shape index (κ1) is 12.2. The van der Waals surface area contributed by atoms with Crippen LogP contribution in [0.15, 0.2) is 48.5 Å². The van der Waals surface area contributed by atoms with Gasteiger partial charge in [-0.15, -0.1) is 0 Å². The second-order valence-corrected chi connectivity index (χ2v) is 5.22. The molecule has 1 aliphatic carbocycles. The average molecular weight is 252 g/mol. The normalized spacial score (nSPS) is 21.2. The summed E-state index contributed by atoms with van der Waals surface area (Å²) >= 11 is 0. The van der Waals surface area contributed by atoms with Gasteiger partial charge in [0.2, 0.25) is 0 Å². The minimum absolute atomic E-state index is 0.156. The molecule has 19 heavy (non-hydrogen) atoms. The molecule has 1 aliphatic rings. The number of hydrogen-bond donors (Lipinski definition) is 2. The maximum atomic E-state index is 6.21. The quantitative estimate of drug-likeness (QED) is 0.871. The van der Waals surface area contributed by atoms with Crippen LogP contribution in [0.4, 0.5) is 5.69 Å². The molecule has 3 rings (SSSR count). The van der Waals surface area contributed by atoms with E-state index in [-0.39, 0.29) is 6.04 Å². The first-order valence-electron chi connectivity index (χ1n) is 6.98. The van der Waals surface area contributed by atoms with Crippen LogP contribution >= 0.6 is 0 Å². The largest absolute Gasteiger partial charge is 0.378 e. The highest BCUT2D eigenvalue weighted by Crippen LogP contribution is 2.39. The van der Waals surface area contributed by atoms with Crippen molar-refractivity contribution in [3.05, 3.63) is 65.2 Å². The summed E-state index contributed by atoms with van der Waals surface area (Å²) in [5.74, 6) is 0. The third kappa shape index (κ3) is 2.36. The molecule has 0 spiro atoms. The molecule has 0 heterocycles. The van der Waals surface area contributed by atoms with Gasteiger partial charge in [0.05, 0.1) is 6.04 Å². The molecule has 98 valence electrons. The third-order valence-electron chi connectivity index (χ3n) is 3.94. The van der Waals surface area contributed by atoms with E-state index in [4.69, 9.17) is 5.73 Å². The van der Waals surface area contributed by atoms with E-state index >= 15 is 0 Å². The van der Waals surface area contributed by atoms with Crippen molar-refractivity contribution in [2.24, 2.45) is 5.73 Å². The van der Waals surface area contributed by atoms with Crippen LogP contribution in [0.25, 0.3) is 0 Å². The Morgan fingerprint density at radius 1 is 1.11 bits per heavy atom. The number of nitrogens with two attached hydrogens (primary N) is 1. The van der Waals surface area contributed by atoms with Crippen LogP contribution in [0.1, 0.15) is 42.1 Å². The Bertz CT molecular complexity index is 577. The number of hydrogen-bond acceptors (Lipinski definition) is 2. The lowest BCUT2D eigenvalue weighted by Gasteiger charge is -2.16. The van der Waals surface area contributed by atoms with Gasteiger partial charge in [0.25, 0.3) is 0 Å². The van der Waals surface area contributed by atoms with Crippen LogP contribution in [0.2, 0.25) is 0 Å². The number of anilines is 1. The minimum Gasteiger partial charge on any atom is -0.378 e. The second kappa shape index (κ2) is 5.06. The molecule has 0 aliphatic heterocycles. The van der Waals surface area contributed by atoms with Crippen molar-refractivity contribution < 1.29 is 0 Å². The predicted molar refractivity (Wildman–Crippen MR) is 80.2 cm³/mol. The fourth-order valence-corrected chi connectivity index (χ4v) is 2.89. The highest BCUT2D eigenvalue weighted by molar-refractivity contribution is 5.50. The molecule has 2 unspecified atom stereocenters. The second-order valence-electron chi connectivity index (χ2n) is 5.22. The van der Waals surface area contributed by atoms with Gasteiger partial charge in [-0.1, -0.05) is 43.3 Å². The minimum atomic E-state index is 0.156. The molecule has 0 radical (unpaired) electrons. The molecule has 0 fully saturated rings. The van der Waals surface area contributed by atoms with Crippen molar-refractivity contribution in [3.63, 3.8) is 0 Å². The van der Waals surface area contributed by atoms with Gasteiger partial charge in [0.1, 0.15) is 0 Å². The Morgan fingerprint density at radius 3 is 2.68 bits per heavy atom. The lowest BCUT2D eigenvalue weighted by Crippen LogP contribution is -2.10. The lowest BCUT2D eigenvalue weighted by atomic mass is 10.1. The van der Waals surface area contributed by atoms with E-state index in [9.17, 15) is 0 Å². The Morgan fingerprint density at radius 2 is 1.89 bits per heavy atom. The van der Waals surface area contributed by atoms with Crippen LogP contribution < -0.4 is 11.1 Å². The van der Waals surface area contributed by atoms with E-state index in [2.05, 4.69) is 60.8 Å². The summed E-state index contributed by atoms with van der Waals surface area (Å²) in [6, 6.07) is 17.6. The molecule has 0 bridgehead atoms. The maximum absolute atomic E-state index is 6.21. The summed E-state index contributed by atoms with van der Waals surface area (Å²) in [6.45, 7) is 2.18. The molecule has 3 N–H and O–H groups in total. The maximum Gasteiger partial charge on any atom is 0.0535 e. The summed E-state index contributed by atoms with van der Waals surface area (Å²) < 4.78 is 0. The number of benzene rings is 2. The highest BCUT2D eigenvalue weighted by Gasteiger charge is 2.27. The van der Waals surface area contributed by atoms with Crippen molar-refractivity contribution in [2.75, 3.05) is 5.32 Å². The standard InChI is InChI=1S/C17H20N2/c1-2-12-6-5-7-13(10-12)19-17-11-16(18)14-8-3-4-9-15(14)17/h3-10,16-17,19H,2,11,18H2,1H3. The Hall–Kier alpha value is -1.80. The molecule has 0 amide bonds. The van der Waals surface area contributed by atoms with Crippen molar-refractivity contribution in [1.29, 1.82) is 0 Å². The number of aryl methyl sites for hydroxylation is 1. The van der Waals surface area contributed by atoms with Crippen LogP contribution in [0, 0.1) is 0 Å².